The second-order valence-corrected chi connectivity index (χ2v) is 2.43. The highest BCUT2D eigenvalue weighted by Crippen LogP contribution is 2.51. The lowest BCUT2D eigenvalue weighted by Gasteiger charge is -2.36. The smallest absolute Gasteiger partial charge is 0.367 e. The van der Waals surface area contributed by atoms with Crippen molar-refractivity contribution in [2.45, 2.75) is 24.1 Å². The molecule has 0 rings (SSSR count). The molecular weight excluding hydrogens is 244 g/mol. The van der Waals surface area contributed by atoms with Crippen LogP contribution in [0, 0.1) is 0 Å². The fourth-order valence-electron chi connectivity index (χ4n) is 0.638. The molecule has 0 aromatic rings. The maximum Gasteiger partial charge on any atom is 0.435 e. The molecule has 0 aliphatic carbocycles. The number of methoxy groups -OCH3 is 1. The van der Waals surface area contributed by atoms with Crippen molar-refractivity contribution in [3.8, 4) is 0 Å². The van der Waals surface area contributed by atoms with Gasteiger partial charge in [-0.3, -0.25) is 0 Å². The summed E-state index contributed by atoms with van der Waals surface area (Å²) in [5.74, 6) is 0. The second kappa shape index (κ2) is 3.44. The Morgan fingerprint density at radius 1 is 0.800 bits per heavy atom. The summed E-state index contributed by atoms with van der Waals surface area (Å²) >= 11 is 0. The normalized spacial score (nSPS) is 15.6. The zero-order chi connectivity index (χ0) is 12.7. The number of hydrogen-bond donors (Lipinski definition) is 1. The molecule has 0 spiro atoms. The van der Waals surface area contributed by atoms with Crippen molar-refractivity contribution in [3.05, 3.63) is 0 Å². The van der Waals surface area contributed by atoms with Gasteiger partial charge in [-0.1, -0.05) is 0 Å². The van der Waals surface area contributed by atoms with Gasteiger partial charge in [0.2, 0.25) is 0 Å². The predicted molar refractivity (Wildman–Crippen MR) is 29.0 cm³/mol. The van der Waals surface area contributed by atoms with Gasteiger partial charge in [0.25, 0.3) is 0 Å². The van der Waals surface area contributed by atoms with Gasteiger partial charge in [0.1, 0.15) is 0 Å². The van der Waals surface area contributed by atoms with Gasteiger partial charge in [0, 0.05) is 7.11 Å². The molecule has 0 fully saturated rings. The Hall–Kier alpha value is -0.640. The van der Waals surface area contributed by atoms with Gasteiger partial charge in [0.15, 0.2) is 0 Å². The summed E-state index contributed by atoms with van der Waals surface area (Å²) in [7, 11) is -0.0948. The van der Waals surface area contributed by atoms with E-state index in [1.165, 1.54) is 0 Å². The van der Waals surface area contributed by atoms with Crippen LogP contribution in [0.25, 0.3) is 0 Å². The van der Waals surface area contributed by atoms with Crippen LogP contribution < -0.4 is 0 Å². The molecule has 15 heavy (non-hydrogen) atoms. The Morgan fingerprint density at radius 3 is 1.13 bits per heavy atom. The molecule has 0 radical (unpaired) electrons. The standard InChI is InChI=1S/C5H4F8O2/c1-15-5(12,13)2(14,3(6,7)8)4(9,10)11/h14H,1H3. The van der Waals surface area contributed by atoms with Gasteiger partial charge in [-0.25, -0.2) is 0 Å². The van der Waals surface area contributed by atoms with Gasteiger partial charge >= 0.3 is 24.1 Å². The minimum atomic E-state index is -6.62. The Labute approximate surface area is 77.4 Å². The Morgan fingerprint density at radius 2 is 1.07 bits per heavy atom. The zero-order valence-electron chi connectivity index (χ0n) is 6.88. The molecule has 1 N–H and O–H groups in total. The summed E-state index contributed by atoms with van der Waals surface area (Å²) in [6, 6.07) is 0. The van der Waals surface area contributed by atoms with Crippen LogP contribution in [0.15, 0.2) is 0 Å². The summed E-state index contributed by atoms with van der Waals surface area (Å²) in [6.45, 7) is 0. The largest absolute Gasteiger partial charge is 0.435 e. The third-order valence-corrected chi connectivity index (χ3v) is 1.50. The molecule has 0 aromatic carbocycles. The van der Waals surface area contributed by atoms with E-state index in [9.17, 15) is 35.1 Å². The zero-order valence-corrected chi connectivity index (χ0v) is 6.88. The third-order valence-electron chi connectivity index (χ3n) is 1.50. The maximum atomic E-state index is 12.3. The SMILES string of the molecule is COC(F)(F)C(O)(C(F)(F)F)C(F)(F)F. The fourth-order valence-corrected chi connectivity index (χ4v) is 0.638. The van der Waals surface area contributed by atoms with E-state index in [0.29, 0.717) is 0 Å². The molecule has 0 aliphatic rings. The summed E-state index contributed by atoms with van der Waals surface area (Å²) in [4.78, 5) is 0. The molecule has 0 amide bonds. The molecule has 92 valence electrons. The molecular formula is C5H4F8O2. The van der Waals surface area contributed by atoms with Crippen LogP contribution in [0.1, 0.15) is 0 Å². The molecule has 0 saturated heterocycles. The van der Waals surface area contributed by atoms with Crippen LogP contribution in [-0.4, -0.2) is 36.3 Å². The van der Waals surface area contributed by atoms with Crippen LogP contribution in [0.3, 0.4) is 0 Å². The second-order valence-electron chi connectivity index (χ2n) is 2.43. The molecule has 0 atom stereocenters. The minimum Gasteiger partial charge on any atom is -0.367 e. The van der Waals surface area contributed by atoms with Crippen LogP contribution >= 0.6 is 0 Å². The van der Waals surface area contributed by atoms with Crippen LogP contribution in [-0.2, 0) is 4.74 Å². The molecule has 0 heterocycles. The van der Waals surface area contributed by atoms with Crippen LogP contribution in [0.5, 0.6) is 0 Å². The highest BCUT2D eigenvalue weighted by Gasteiger charge is 2.83. The first-order valence-electron chi connectivity index (χ1n) is 3.10. The number of halogens is 8. The van der Waals surface area contributed by atoms with Crippen molar-refractivity contribution in [3.63, 3.8) is 0 Å². The van der Waals surface area contributed by atoms with Crippen molar-refractivity contribution >= 4 is 0 Å². The summed E-state index contributed by atoms with van der Waals surface area (Å²) in [5.41, 5.74) is -6.23. The van der Waals surface area contributed by atoms with Crippen LogP contribution in [0.2, 0.25) is 0 Å². The monoisotopic (exact) mass is 248 g/mol. The van der Waals surface area contributed by atoms with Crippen molar-refractivity contribution in [1.82, 2.24) is 0 Å². The first-order valence-corrected chi connectivity index (χ1v) is 3.10. The molecule has 10 heteroatoms. The number of aliphatic hydroxyl groups is 1. The summed E-state index contributed by atoms with van der Waals surface area (Å²) in [5, 5.41) is 8.09. The van der Waals surface area contributed by atoms with E-state index in [1.807, 2.05) is 0 Å². The lowest BCUT2D eigenvalue weighted by Crippen LogP contribution is -2.68. The summed E-state index contributed by atoms with van der Waals surface area (Å²) < 4.78 is 97.8. The Kier molecular flexibility index (Phi) is 3.29. The van der Waals surface area contributed by atoms with E-state index in [1.54, 1.807) is 0 Å². The van der Waals surface area contributed by atoms with Crippen molar-refractivity contribution in [2.75, 3.05) is 7.11 Å². The van der Waals surface area contributed by atoms with Gasteiger partial charge in [-0.05, 0) is 0 Å². The van der Waals surface area contributed by atoms with Crippen molar-refractivity contribution in [2.24, 2.45) is 0 Å². The summed E-state index contributed by atoms with van der Waals surface area (Å²) in [6.07, 6.45) is -19.1. The van der Waals surface area contributed by atoms with Gasteiger partial charge in [0.05, 0.1) is 0 Å². The minimum absolute atomic E-state index is 0.0948. The third kappa shape index (κ3) is 2.00. The van der Waals surface area contributed by atoms with Gasteiger partial charge in [-0.15, -0.1) is 0 Å². The van der Waals surface area contributed by atoms with E-state index >= 15 is 0 Å². The molecule has 0 bridgehead atoms. The average Bonchev–Trinajstić information content (AvgIpc) is 1.98. The van der Waals surface area contributed by atoms with Gasteiger partial charge in [-0.2, -0.15) is 35.1 Å². The Bertz CT molecular complexity index is 214. The fraction of sp³-hybridized carbons (Fsp3) is 1.00. The number of rotatable bonds is 2. The van der Waals surface area contributed by atoms with E-state index < -0.39 is 24.1 Å². The Balaban J connectivity index is 5.65. The van der Waals surface area contributed by atoms with E-state index in [2.05, 4.69) is 4.74 Å². The number of alkyl halides is 8. The van der Waals surface area contributed by atoms with Crippen LogP contribution in [0.4, 0.5) is 35.1 Å². The predicted octanol–water partition coefficient (Wildman–Crippen LogP) is 2.08. The average molecular weight is 248 g/mol. The maximum absolute atomic E-state index is 12.3. The van der Waals surface area contributed by atoms with E-state index in [-0.39, 0.29) is 7.11 Å². The molecule has 0 saturated carbocycles. The lowest BCUT2D eigenvalue weighted by molar-refractivity contribution is -0.467. The first kappa shape index (κ1) is 14.4. The number of hydrogen-bond acceptors (Lipinski definition) is 2. The number of ether oxygens (including phenoxy) is 1. The lowest BCUT2D eigenvalue weighted by atomic mass is 10.0. The quantitative estimate of drug-likeness (QED) is 0.758. The molecule has 2 nitrogen and oxygen atoms in total. The first-order chi connectivity index (χ1) is 6.31. The molecule has 0 aromatic heterocycles. The van der Waals surface area contributed by atoms with Gasteiger partial charge < -0.3 is 9.84 Å². The topological polar surface area (TPSA) is 29.5 Å². The van der Waals surface area contributed by atoms with Crippen molar-refractivity contribution in [1.29, 1.82) is 0 Å². The van der Waals surface area contributed by atoms with E-state index in [4.69, 9.17) is 5.11 Å². The molecule has 0 unspecified atom stereocenters. The van der Waals surface area contributed by atoms with E-state index in [0.717, 1.165) is 0 Å². The molecule has 0 aliphatic heterocycles. The highest BCUT2D eigenvalue weighted by molar-refractivity contribution is 5.00. The highest BCUT2D eigenvalue weighted by atomic mass is 19.4. The van der Waals surface area contributed by atoms with Crippen molar-refractivity contribution < 1.29 is 45.0 Å².